The summed E-state index contributed by atoms with van der Waals surface area (Å²) in [7, 11) is 1.50. The molecule has 4 heterocycles. The maximum absolute atomic E-state index is 14.8. The molecule has 4 aliphatic rings. The second-order valence-corrected chi connectivity index (χ2v) is 13.6. The van der Waals surface area contributed by atoms with Gasteiger partial charge in [-0.15, -0.1) is 0 Å². The fourth-order valence-electron chi connectivity index (χ4n) is 7.40. The number of ether oxygens (including phenoxy) is 3. The molecule has 12 heteroatoms. The number of fused-ring (bicyclic) bond motifs is 2. The van der Waals surface area contributed by atoms with Crippen LogP contribution in [-0.2, 0) is 39.9 Å². The van der Waals surface area contributed by atoms with E-state index in [9.17, 15) is 24.3 Å². The number of benzene rings is 2. The summed E-state index contributed by atoms with van der Waals surface area (Å²) in [6, 6.07) is 15.9. The standard InChI is InChI=1S/C36H40BrN3O8/c1-22(20-41)40-32-34(44)39(19-23-12-6-3-7-13-23)17-11-5-10-16-27(42)38-26(21-46-2)30(24-14-8-4-9-15-24)47-35(45)28-29(33(40)43)36(32)18-25(37)31(28)48-36/h3-9,11-15,18,22,26,28-32,41H,10,16-17,19-21H2,1-2H3,(H,38,42)/b11-5-/t22-,26-,28+,29-,30-,31+,32+,36-/m1/s1. The highest BCUT2D eigenvalue weighted by molar-refractivity contribution is 9.11. The largest absolute Gasteiger partial charge is 0.455 e. The van der Waals surface area contributed by atoms with Gasteiger partial charge in [0.2, 0.25) is 17.7 Å². The zero-order chi connectivity index (χ0) is 34.0. The molecule has 2 aromatic rings. The molecule has 0 aromatic heterocycles. The quantitative estimate of drug-likeness (QED) is 0.329. The molecule has 3 amide bonds. The number of aliphatic hydroxyl groups excluding tert-OH is 1. The van der Waals surface area contributed by atoms with E-state index < -0.39 is 66.3 Å². The summed E-state index contributed by atoms with van der Waals surface area (Å²) in [4.78, 5) is 59.9. The number of carbonyl (C=O) groups is 4. The first-order chi connectivity index (χ1) is 23.2. The fourth-order valence-corrected chi connectivity index (χ4v) is 8.14. The van der Waals surface area contributed by atoms with E-state index in [4.69, 9.17) is 14.2 Å². The highest BCUT2D eigenvalue weighted by atomic mass is 79.9. The molecule has 4 aliphatic heterocycles. The molecule has 11 nitrogen and oxygen atoms in total. The van der Waals surface area contributed by atoms with Crippen LogP contribution in [0, 0.1) is 11.8 Å². The topological polar surface area (TPSA) is 135 Å². The third-order valence-electron chi connectivity index (χ3n) is 9.60. The molecule has 1 spiro atoms. The van der Waals surface area contributed by atoms with E-state index in [2.05, 4.69) is 21.2 Å². The molecule has 2 aromatic carbocycles. The summed E-state index contributed by atoms with van der Waals surface area (Å²) in [6.45, 7) is 1.78. The number of allylic oxidation sites excluding steroid dienone is 1. The molecule has 5 bridgehead atoms. The summed E-state index contributed by atoms with van der Waals surface area (Å²) in [5.41, 5.74) is 0.0349. The van der Waals surface area contributed by atoms with Crippen LogP contribution in [-0.4, -0.2) is 95.3 Å². The van der Waals surface area contributed by atoms with Crippen molar-refractivity contribution in [1.29, 1.82) is 0 Å². The maximum Gasteiger partial charge on any atom is 0.313 e. The Hall–Kier alpha value is -3.84. The monoisotopic (exact) mass is 721 g/mol. The lowest BCUT2D eigenvalue weighted by atomic mass is 9.74. The Kier molecular flexibility index (Phi) is 10.2. The number of carbonyl (C=O) groups excluding carboxylic acids is 4. The van der Waals surface area contributed by atoms with Gasteiger partial charge in [0.15, 0.2) is 0 Å². The first-order valence-corrected chi connectivity index (χ1v) is 17.0. The number of hydrogen-bond donors (Lipinski definition) is 2. The number of hydrogen-bond acceptors (Lipinski definition) is 8. The van der Waals surface area contributed by atoms with E-state index in [1.54, 1.807) is 30.0 Å². The van der Waals surface area contributed by atoms with Gasteiger partial charge in [0.25, 0.3) is 0 Å². The van der Waals surface area contributed by atoms with Gasteiger partial charge in [0.1, 0.15) is 29.8 Å². The average Bonchev–Trinajstić information content (AvgIpc) is 3.69. The Bertz CT molecular complexity index is 1590. The van der Waals surface area contributed by atoms with Crippen molar-refractivity contribution in [2.75, 3.05) is 26.9 Å². The SMILES string of the molecule is COC[C@H]1NC(=O)CC/C=C\CN(Cc2ccccc2)C(=O)[C@@H]2N([C@H](C)CO)C(=O)[C@H]3[C@H](C(=O)O[C@@H]1c1ccccc1)[C@H]1O[C@@]23C=C1Br. The molecule has 254 valence electrons. The molecule has 48 heavy (non-hydrogen) atoms. The minimum Gasteiger partial charge on any atom is -0.455 e. The van der Waals surface area contributed by atoms with E-state index >= 15 is 0 Å². The fraction of sp³-hybridized carbons (Fsp3) is 0.444. The van der Waals surface area contributed by atoms with Gasteiger partial charge in [-0.2, -0.15) is 0 Å². The van der Waals surface area contributed by atoms with Gasteiger partial charge in [-0.1, -0.05) is 88.7 Å². The molecule has 0 saturated carbocycles. The van der Waals surface area contributed by atoms with Crippen LogP contribution in [0.25, 0.3) is 0 Å². The number of nitrogens with one attached hydrogen (secondary N) is 1. The van der Waals surface area contributed by atoms with Crippen LogP contribution in [0.3, 0.4) is 0 Å². The number of methoxy groups -OCH3 is 1. The Morgan fingerprint density at radius 1 is 1.02 bits per heavy atom. The van der Waals surface area contributed by atoms with Gasteiger partial charge in [-0.05, 0) is 30.5 Å². The number of rotatable bonds is 7. The van der Waals surface area contributed by atoms with Gasteiger partial charge in [0, 0.05) is 31.1 Å². The molecular formula is C36H40BrN3O8. The number of halogens is 1. The second-order valence-electron chi connectivity index (χ2n) is 12.7. The molecule has 2 saturated heterocycles. The number of amides is 3. The van der Waals surface area contributed by atoms with Crippen molar-refractivity contribution in [2.45, 2.75) is 62.2 Å². The molecular weight excluding hydrogens is 682 g/mol. The van der Waals surface area contributed by atoms with Crippen molar-refractivity contribution < 1.29 is 38.5 Å². The van der Waals surface area contributed by atoms with E-state index in [0.29, 0.717) is 16.5 Å². The predicted octanol–water partition coefficient (Wildman–Crippen LogP) is 3.03. The Labute approximate surface area is 288 Å². The highest BCUT2D eigenvalue weighted by Gasteiger charge is 2.75. The predicted molar refractivity (Wildman–Crippen MR) is 178 cm³/mol. The normalized spacial score (nSPS) is 32.0. The molecule has 2 fully saturated rings. The maximum atomic E-state index is 14.8. The zero-order valence-corrected chi connectivity index (χ0v) is 28.5. The molecule has 0 unspecified atom stereocenters. The van der Waals surface area contributed by atoms with Crippen molar-refractivity contribution in [2.24, 2.45) is 11.8 Å². The van der Waals surface area contributed by atoms with Crippen LogP contribution in [0.2, 0.25) is 0 Å². The summed E-state index contributed by atoms with van der Waals surface area (Å²) in [5, 5.41) is 13.3. The summed E-state index contributed by atoms with van der Waals surface area (Å²) in [6.07, 6.45) is 4.17. The number of cyclic esters (lactones) is 1. The molecule has 0 aliphatic carbocycles. The van der Waals surface area contributed by atoms with Crippen molar-refractivity contribution in [3.8, 4) is 0 Å². The number of nitrogens with zero attached hydrogens (tertiary/aromatic N) is 2. The Morgan fingerprint density at radius 2 is 1.73 bits per heavy atom. The third kappa shape index (κ3) is 6.22. The van der Waals surface area contributed by atoms with Crippen molar-refractivity contribution in [3.05, 3.63) is 94.5 Å². The van der Waals surface area contributed by atoms with Crippen LogP contribution < -0.4 is 5.32 Å². The minimum absolute atomic E-state index is 0.0573. The minimum atomic E-state index is -1.49. The summed E-state index contributed by atoms with van der Waals surface area (Å²) >= 11 is 3.58. The third-order valence-corrected chi connectivity index (χ3v) is 10.3. The Balaban J connectivity index is 1.46. The average molecular weight is 723 g/mol. The van der Waals surface area contributed by atoms with Crippen molar-refractivity contribution in [1.82, 2.24) is 15.1 Å². The molecule has 0 radical (unpaired) electrons. The number of esters is 1. The summed E-state index contributed by atoms with van der Waals surface area (Å²) in [5.74, 6) is -4.00. The van der Waals surface area contributed by atoms with Crippen LogP contribution in [0.15, 0.2) is 83.4 Å². The van der Waals surface area contributed by atoms with Crippen molar-refractivity contribution in [3.63, 3.8) is 0 Å². The second kappa shape index (κ2) is 14.3. The van der Waals surface area contributed by atoms with E-state index in [0.717, 1.165) is 5.56 Å². The lowest BCUT2D eigenvalue weighted by Gasteiger charge is -2.37. The van der Waals surface area contributed by atoms with Gasteiger partial charge in [0.05, 0.1) is 31.2 Å². The van der Waals surface area contributed by atoms with E-state index in [1.807, 2.05) is 60.7 Å². The smallest absolute Gasteiger partial charge is 0.313 e. The van der Waals surface area contributed by atoms with Crippen LogP contribution in [0.5, 0.6) is 0 Å². The lowest BCUT2D eigenvalue weighted by molar-refractivity contribution is -0.163. The zero-order valence-electron chi connectivity index (χ0n) is 26.9. The number of aliphatic hydroxyl groups is 1. The molecule has 6 rings (SSSR count). The van der Waals surface area contributed by atoms with E-state index in [1.165, 1.54) is 12.0 Å². The first-order valence-electron chi connectivity index (χ1n) is 16.2. The van der Waals surface area contributed by atoms with Crippen LogP contribution in [0.1, 0.15) is 37.0 Å². The first kappa shape index (κ1) is 34.0. The molecule has 2 N–H and O–H groups in total. The van der Waals surface area contributed by atoms with Crippen molar-refractivity contribution >= 4 is 39.6 Å². The van der Waals surface area contributed by atoms with Gasteiger partial charge < -0.3 is 34.4 Å². The summed E-state index contributed by atoms with van der Waals surface area (Å²) < 4.78 is 18.9. The van der Waals surface area contributed by atoms with Gasteiger partial charge in [-0.25, -0.2) is 0 Å². The lowest BCUT2D eigenvalue weighted by Crippen LogP contribution is -2.57. The Morgan fingerprint density at radius 3 is 2.42 bits per heavy atom. The van der Waals surface area contributed by atoms with E-state index in [-0.39, 0.29) is 37.9 Å². The number of likely N-dealkylation sites (tertiary alicyclic amines) is 1. The highest BCUT2D eigenvalue weighted by Crippen LogP contribution is 2.59. The van der Waals surface area contributed by atoms with Gasteiger partial charge >= 0.3 is 5.97 Å². The molecule has 8 atom stereocenters. The van der Waals surface area contributed by atoms with Crippen LogP contribution in [0.4, 0.5) is 0 Å². The van der Waals surface area contributed by atoms with Gasteiger partial charge in [-0.3, -0.25) is 19.2 Å². The van der Waals surface area contributed by atoms with Crippen LogP contribution >= 0.6 is 15.9 Å².